The third kappa shape index (κ3) is 1.04. The van der Waals surface area contributed by atoms with E-state index >= 15 is 0 Å². The van der Waals surface area contributed by atoms with Crippen molar-refractivity contribution in [3.63, 3.8) is 0 Å². The summed E-state index contributed by atoms with van der Waals surface area (Å²) in [6.45, 7) is 4.56. The fourth-order valence-corrected chi connectivity index (χ4v) is 2.23. The molecule has 0 bridgehead atoms. The van der Waals surface area contributed by atoms with E-state index in [1.54, 1.807) is 10.6 Å². The topological polar surface area (TPSA) is 54.9 Å². The van der Waals surface area contributed by atoms with Crippen molar-refractivity contribution < 1.29 is 0 Å². The Morgan fingerprint density at radius 3 is 2.94 bits per heavy atom. The van der Waals surface area contributed by atoms with Gasteiger partial charge in [-0.1, -0.05) is 18.7 Å². The molecule has 1 aromatic carbocycles. The van der Waals surface area contributed by atoms with Crippen molar-refractivity contribution in [3.05, 3.63) is 51.2 Å². The van der Waals surface area contributed by atoms with Gasteiger partial charge in [0.2, 0.25) is 0 Å². The van der Waals surface area contributed by atoms with E-state index < -0.39 is 0 Å². The average Bonchev–Trinajstić information content (AvgIpc) is 2.27. The summed E-state index contributed by atoms with van der Waals surface area (Å²) in [6, 6.07) is 5.45. The Balaban J connectivity index is 2.67. The zero-order valence-corrected chi connectivity index (χ0v) is 8.62. The van der Waals surface area contributed by atoms with Crippen LogP contribution in [0.5, 0.6) is 0 Å². The van der Waals surface area contributed by atoms with Gasteiger partial charge in [0.05, 0.1) is 10.9 Å². The van der Waals surface area contributed by atoms with Gasteiger partial charge in [0, 0.05) is 12.1 Å². The second-order valence-electron chi connectivity index (χ2n) is 3.97. The van der Waals surface area contributed by atoms with Crippen molar-refractivity contribution in [1.82, 2.24) is 9.55 Å². The highest BCUT2D eigenvalue weighted by Crippen LogP contribution is 2.28. The molecule has 0 saturated carbocycles. The van der Waals surface area contributed by atoms with Gasteiger partial charge in [-0.25, -0.2) is 4.79 Å². The monoisotopic (exact) mass is 214 g/mol. The van der Waals surface area contributed by atoms with Crippen molar-refractivity contribution in [2.24, 2.45) is 0 Å². The molecule has 0 saturated heterocycles. The van der Waals surface area contributed by atoms with Gasteiger partial charge in [-0.2, -0.15) is 0 Å². The number of aromatic nitrogens is 2. The molecule has 1 N–H and O–H groups in total. The van der Waals surface area contributed by atoms with E-state index in [4.69, 9.17) is 0 Å². The Labute approximate surface area is 90.8 Å². The predicted octanol–water partition coefficient (Wildman–Crippen LogP) is 1.11. The van der Waals surface area contributed by atoms with Crippen molar-refractivity contribution in [2.75, 3.05) is 0 Å². The van der Waals surface area contributed by atoms with Crippen LogP contribution in [0.25, 0.3) is 16.5 Å². The highest BCUT2D eigenvalue weighted by atomic mass is 16.2. The van der Waals surface area contributed by atoms with Crippen LogP contribution in [0.2, 0.25) is 0 Å². The van der Waals surface area contributed by atoms with Gasteiger partial charge < -0.3 is 0 Å². The van der Waals surface area contributed by atoms with Crippen LogP contribution in [-0.4, -0.2) is 9.55 Å². The van der Waals surface area contributed by atoms with E-state index in [1.165, 1.54) is 0 Å². The molecule has 2 heterocycles. The number of nitrogens with one attached hydrogen (secondary N) is 1. The minimum atomic E-state index is -0.336. The van der Waals surface area contributed by atoms with Gasteiger partial charge in [-0.05, 0) is 18.1 Å². The Kier molecular flexibility index (Phi) is 1.68. The van der Waals surface area contributed by atoms with E-state index in [9.17, 15) is 9.59 Å². The number of para-hydroxylation sites is 1. The number of allylic oxidation sites excluding steroid dienone is 1. The number of rotatable bonds is 0. The molecule has 0 aliphatic carbocycles. The maximum atomic E-state index is 11.7. The summed E-state index contributed by atoms with van der Waals surface area (Å²) < 4.78 is 1.61. The number of aryl methyl sites for hydroxylation is 1. The van der Waals surface area contributed by atoms with Gasteiger partial charge >= 0.3 is 5.69 Å². The smallest absolute Gasteiger partial charge is 0.292 e. The van der Waals surface area contributed by atoms with E-state index in [2.05, 4.69) is 11.6 Å². The zero-order chi connectivity index (χ0) is 11.3. The molecule has 0 radical (unpaired) electrons. The van der Waals surface area contributed by atoms with Crippen LogP contribution in [0.15, 0.2) is 34.4 Å². The van der Waals surface area contributed by atoms with E-state index in [0.29, 0.717) is 17.4 Å². The summed E-state index contributed by atoms with van der Waals surface area (Å²) in [4.78, 5) is 25.6. The second kappa shape index (κ2) is 2.95. The van der Waals surface area contributed by atoms with Gasteiger partial charge in [-0.3, -0.25) is 14.3 Å². The number of aromatic amines is 1. The number of hydrogen-bond acceptors (Lipinski definition) is 2. The van der Waals surface area contributed by atoms with Gasteiger partial charge in [0.25, 0.3) is 5.56 Å². The number of benzene rings is 1. The molecular weight excluding hydrogens is 204 g/mol. The standard InChI is InChI=1S/C12H10N2O2/c1-7-5-6-14-10-8(7)3-2-4-9(10)11(15)13-12(14)16/h2-4H,1,5-6H2,(H,13,15,16). The van der Waals surface area contributed by atoms with Gasteiger partial charge in [-0.15, -0.1) is 0 Å². The minimum Gasteiger partial charge on any atom is -0.292 e. The number of nitrogens with zero attached hydrogens (tertiary/aromatic N) is 1. The average molecular weight is 214 g/mol. The summed E-state index contributed by atoms with van der Waals surface area (Å²) in [5.74, 6) is 0. The van der Waals surface area contributed by atoms with Gasteiger partial charge in [0.1, 0.15) is 0 Å². The summed E-state index contributed by atoms with van der Waals surface area (Å²) >= 11 is 0. The van der Waals surface area contributed by atoms with Crippen molar-refractivity contribution in [2.45, 2.75) is 13.0 Å². The van der Waals surface area contributed by atoms with Crippen LogP contribution < -0.4 is 11.2 Å². The molecule has 0 amide bonds. The molecule has 1 aromatic heterocycles. The Morgan fingerprint density at radius 1 is 1.31 bits per heavy atom. The summed E-state index contributed by atoms with van der Waals surface area (Å²) in [6.07, 6.45) is 0.748. The quantitative estimate of drug-likeness (QED) is 0.714. The molecule has 80 valence electrons. The molecule has 0 spiro atoms. The van der Waals surface area contributed by atoms with E-state index in [0.717, 1.165) is 17.6 Å². The highest BCUT2D eigenvalue weighted by Gasteiger charge is 2.17. The molecule has 4 nitrogen and oxygen atoms in total. The fraction of sp³-hybridized carbons (Fsp3) is 0.167. The first-order valence-electron chi connectivity index (χ1n) is 5.12. The molecule has 3 rings (SSSR count). The fourth-order valence-electron chi connectivity index (χ4n) is 2.23. The zero-order valence-electron chi connectivity index (χ0n) is 8.62. The highest BCUT2D eigenvalue weighted by molar-refractivity contribution is 5.91. The lowest BCUT2D eigenvalue weighted by Gasteiger charge is -2.19. The molecule has 1 aliphatic heterocycles. The van der Waals surface area contributed by atoms with Crippen LogP contribution in [0.4, 0.5) is 0 Å². The Morgan fingerprint density at radius 2 is 2.12 bits per heavy atom. The lowest BCUT2D eigenvalue weighted by atomic mass is 9.98. The lowest BCUT2D eigenvalue weighted by Crippen LogP contribution is -2.32. The first kappa shape index (κ1) is 9.15. The van der Waals surface area contributed by atoms with Crippen molar-refractivity contribution >= 4 is 16.5 Å². The maximum absolute atomic E-state index is 11.7. The predicted molar refractivity (Wildman–Crippen MR) is 62.5 cm³/mol. The maximum Gasteiger partial charge on any atom is 0.328 e. The second-order valence-corrected chi connectivity index (χ2v) is 3.97. The van der Waals surface area contributed by atoms with Crippen molar-refractivity contribution in [3.8, 4) is 0 Å². The third-order valence-electron chi connectivity index (χ3n) is 3.03. The largest absolute Gasteiger partial charge is 0.328 e. The number of hydrogen-bond donors (Lipinski definition) is 1. The van der Waals surface area contributed by atoms with Crippen LogP contribution >= 0.6 is 0 Å². The normalized spacial score (nSPS) is 14.4. The van der Waals surface area contributed by atoms with Gasteiger partial charge in [0.15, 0.2) is 0 Å². The molecule has 0 atom stereocenters. The summed E-state index contributed by atoms with van der Waals surface area (Å²) in [5.41, 5.74) is 1.94. The first-order chi connectivity index (χ1) is 7.68. The SMILES string of the molecule is C=C1CCn2c(=O)[nH]c(=O)c3cccc1c32. The first-order valence-corrected chi connectivity index (χ1v) is 5.12. The Hall–Kier alpha value is -2.10. The molecule has 16 heavy (non-hydrogen) atoms. The third-order valence-corrected chi connectivity index (χ3v) is 3.03. The van der Waals surface area contributed by atoms with Crippen molar-refractivity contribution in [1.29, 1.82) is 0 Å². The molecule has 4 heteroatoms. The number of H-pyrrole nitrogens is 1. The minimum absolute atomic E-state index is 0.326. The molecule has 2 aromatic rings. The van der Waals surface area contributed by atoms with Crippen LogP contribution in [0, 0.1) is 0 Å². The van der Waals surface area contributed by atoms with E-state index in [-0.39, 0.29) is 11.2 Å². The lowest BCUT2D eigenvalue weighted by molar-refractivity contribution is 0.677. The summed E-state index contributed by atoms with van der Waals surface area (Å²) in [5, 5.41) is 0.554. The molecule has 1 aliphatic rings. The van der Waals surface area contributed by atoms with Crippen LogP contribution in [0.1, 0.15) is 12.0 Å². The Bertz CT molecular complexity index is 722. The molecule has 0 unspecified atom stereocenters. The molecular formula is C12H10N2O2. The van der Waals surface area contributed by atoms with E-state index in [1.807, 2.05) is 12.1 Å². The summed E-state index contributed by atoms with van der Waals surface area (Å²) in [7, 11) is 0. The van der Waals surface area contributed by atoms with Crippen LogP contribution in [0.3, 0.4) is 0 Å². The molecule has 0 fully saturated rings. The van der Waals surface area contributed by atoms with Crippen LogP contribution in [-0.2, 0) is 6.54 Å².